The van der Waals surface area contributed by atoms with Crippen LogP contribution in [0.25, 0.3) is 0 Å². The zero-order valence-electron chi connectivity index (χ0n) is 17.3. The van der Waals surface area contributed by atoms with Crippen LogP contribution < -0.4 is 10.1 Å². The number of hydrogen-bond acceptors (Lipinski definition) is 4. The summed E-state index contributed by atoms with van der Waals surface area (Å²) in [6.45, 7) is 4.78. The Labute approximate surface area is 173 Å². The standard InChI is InChI=1S/C23H31N3O3/c1-24-23(26-13-12-20(17-26)18-28-15-14-27-2)25-16-19-8-10-22(11-9-19)29-21-6-4-3-5-7-21/h3-11,20H,12-18H2,1-2H3,(H,24,25). The average molecular weight is 398 g/mol. The number of hydrogen-bond donors (Lipinski definition) is 1. The summed E-state index contributed by atoms with van der Waals surface area (Å²) in [6.07, 6.45) is 1.12. The molecule has 0 saturated carbocycles. The van der Waals surface area contributed by atoms with Crippen LogP contribution >= 0.6 is 0 Å². The maximum absolute atomic E-state index is 5.85. The van der Waals surface area contributed by atoms with E-state index in [1.54, 1.807) is 7.11 Å². The molecule has 1 heterocycles. The first-order valence-electron chi connectivity index (χ1n) is 10.1. The molecule has 3 rings (SSSR count). The van der Waals surface area contributed by atoms with Gasteiger partial charge in [-0.25, -0.2) is 0 Å². The van der Waals surface area contributed by atoms with Gasteiger partial charge in [-0.1, -0.05) is 30.3 Å². The lowest BCUT2D eigenvalue weighted by atomic mass is 10.1. The second kappa shape index (κ2) is 11.4. The molecule has 1 aliphatic heterocycles. The number of methoxy groups -OCH3 is 1. The number of likely N-dealkylation sites (tertiary alicyclic amines) is 1. The minimum Gasteiger partial charge on any atom is -0.457 e. The number of benzene rings is 2. The SMILES string of the molecule is CN=C(NCc1ccc(Oc2ccccc2)cc1)N1CCC(COCCOC)C1. The molecule has 2 aromatic carbocycles. The molecular weight excluding hydrogens is 366 g/mol. The highest BCUT2D eigenvalue weighted by molar-refractivity contribution is 5.80. The lowest BCUT2D eigenvalue weighted by molar-refractivity contribution is 0.0536. The maximum Gasteiger partial charge on any atom is 0.193 e. The van der Waals surface area contributed by atoms with Gasteiger partial charge in [0.1, 0.15) is 11.5 Å². The molecule has 1 atom stereocenters. The summed E-state index contributed by atoms with van der Waals surface area (Å²) in [7, 11) is 3.53. The fourth-order valence-electron chi connectivity index (χ4n) is 3.37. The van der Waals surface area contributed by atoms with Crippen LogP contribution in [0.5, 0.6) is 11.5 Å². The number of para-hydroxylation sites is 1. The van der Waals surface area contributed by atoms with Crippen LogP contribution in [0.3, 0.4) is 0 Å². The molecule has 29 heavy (non-hydrogen) atoms. The minimum absolute atomic E-state index is 0.542. The Bertz CT molecular complexity index is 750. The molecule has 0 aromatic heterocycles. The lowest BCUT2D eigenvalue weighted by Gasteiger charge is -2.22. The zero-order chi connectivity index (χ0) is 20.3. The van der Waals surface area contributed by atoms with E-state index >= 15 is 0 Å². The van der Waals surface area contributed by atoms with E-state index in [1.165, 1.54) is 5.56 Å². The molecule has 1 unspecified atom stereocenters. The second-order valence-corrected chi connectivity index (χ2v) is 7.13. The quantitative estimate of drug-likeness (QED) is 0.398. The van der Waals surface area contributed by atoms with Crippen molar-refractivity contribution in [2.75, 3.05) is 47.1 Å². The lowest BCUT2D eigenvalue weighted by Crippen LogP contribution is -2.39. The molecule has 0 spiro atoms. The highest BCUT2D eigenvalue weighted by atomic mass is 16.5. The van der Waals surface area contributed by atoms with Gasteiger partial charge in [-0.3, -0.25) is 4.99 Å². The van der Waals surface area contributed by atoms with Crippen LogP contribution in [0.2, 0.25) is 0 Å². The van der Waals surface area contributed by atoms with Gasteiger partial charge in [0.25, 0.3) is 0 Å². The Kier molecular flexibility index (Phi) is 8.34. The maximum atomic E-state index is 5.85. The minimum atomic E-state index is 0.542. The normalized spacial score (nSPS) is 16.8. The Morgan fingerprint density at radius 2 is 1.83 bits per heavy atom. The van der Waals surface area contributed by atoms with Crippen LogP contribution in [0.4, 0.5) is 0 Å². The molecule has 1 fully saturated rings. The topological polar surface area (TPSA) is 55.3 Å². The van der Waals surface area contributed by atoms with Crippen LogP contribution in [0, 0.1) is 5.92 Å². The van der Waals surface area contributed by atoms with Crippen molar-refractivity contribution < 1.29 is 14.2 Å². The number of rotatable bonds is 9. The van der Waals surface area contributed by atoms with E-state index in [1.807, 2.05) is 49.5 Å². The summed E-state index contributed by atoms with van der Waals surface area (Å²) in [4.78, 5) is 6.75. The van der Waals surface area contributed by atoms with Crippen molar-refractivity contribution in [1.29, 1.82) is 0 Å². The fourth-order valence-corrected chi connectivity index (χ4v) is 3.37. The summed E-state index contributed by atoms with van der Waals surface area (Å²) in [5.41, 5.74) is 1.19. The van der Waals surface area contributed by atoms with Gasteiger partial charge in [-0.2, -0.15) is 0 Å². The fraction of sp³-hybridized carbons (Fsp3) is 0.435. The van der Waals surface area contributed by atoms with Gasteiger partial charge in [0.05, 0.1) is 19.8 Å². The van der Waals surface area contributed by atoms with Crippen molar-refractivity contribution in [3.8, 4) is 11.5 Å². The molecule has 0 aliphatic carbocycles. The third kappa shape index (κ3) is 6.76. The van der Waals surface area contributed by atoms with Gasteiger partial charge in [0.15, 0.2) is 5.96 Å². The van der Waals surface area contributed by atoms with Crippen molar-refractivity contribution in [2.24, 2.45) is 10.9 Å². The van der Waals surface area contributed by atoms with Crippen molar-refractivity contribution in [3.63, 3.8) is 0 Å². The van der Waals surface area contributed by atoms with E-state index in [0.717, 1.165) is 50.1 Å². The van der Waals surface area contributed by atoms with Gasteiger partial charge in [0, 0.05) is 39.7 Å². The molecule has 156 valence electrons. The van der Waals surface area contributed by atoms with E-state index in [9.17, 15) is 0 Å². The Balaban J connectivity index is 1.43. The molecule has 1 saturated heterocycles. The first-order valence-corrected chi connectivity index (χ1v) is 10.1. The molecule has 6 heteroatoms. The number of guanidine groups is 1. The van der Waals surface area contributed by atoms with E-state index in [-0.39, 0.29) is 0 Å². The Morgan fingerprint density at radius 3 is 2.55 bits per heavy atom. The molecule has 0 bridgehead atoms. The van der Waals surface area contributed by atoms with Crippen LogP contribution in [0.15, 0.2) is 59.6 Å². The van der Waals surface area contributed by atoms with Crippen molar-refractivity contribution in [3.05, 3.63) is 60.2 Å². The number of nitrogens with zero attached hydrogens (tertiary/aromatic N) is 2. The third-order valence-corrected chi connectivity index (χ3v) is 4.94. The average Bonchev–Trinajstić information content (AvgIpc) is 3.22. The molecular formula is C23H31N3O3. The van der Waals surface area contributed by atoms with E-state index in [2.05, 4.69) is 27.3 Å². The summed E-state index contributed by atoms with van der Waals surface area (Å²) in [6, 6.07) is 18.0. The van der Waals surface area contributed by atoms with Crippen molar-refractivity contribution in [1.82, 2.24) is 10.2 Å². The van der Waals surface area contributed by atoms with Crippen molar-refractivity contribution in [2.45, 2.75) is 13.0 Å². The van der Waals surface area contributed by atoms with E-state index in [0.29, 0.717) is 19.1 Å². The van der Waals surface area contributed by atoms with Gasteiger partial charge < -0.3 is 24.4 Å². The Hall–Kier alpha value is -2.57. The predicted molar refractivity (Wildman–Crippen MR) is 116 cm³/mol. The van der Waals surface area contributed by atoms with Gasteiger partial charge >= 0.3 is 0 Å². The van der Waals surface area contributed by atoms with Gasteiger partial charge in [-0.15, -0.1) is 0 Å². The number of nitrogens with one attached hydrogen (secondary N) is 1. The van der Waals surface area contributed by atoms with Gasteiger partial charge in [-0.05, 0) is 36.2 Å². The number of ether oxygens (including phenoxy) is 3. The molecule has 1 N–H and O–H groups in total. The summed E-state index contributed by atoms with van der Waals surface area (Å²) >= 11 is 0. The molecule has 0 amide bonds. The van der Waals surface area contributed by atoms with Crippen molar-refractivity contribution >= 4 is 5.96 Å². The number of aliphatic imine (C=N–C) groups is 1. The molecule has 6 nitrogen and oxygen atoms in total. The van der Waals surface area contributed by atoms with E-state index < -0.39 is 0 Å². The molecule has 1 aliphatic rings. The predicted octanol–water partition coefficient (Wildman–Crippen LogP) is 3.54. The first-order chi connectivity index (χ1) is 14.3. The zero-order valence-corrected chi connectivity index (χ0v) is 17.3. The van der Waals surface area contributed by atoms with Crippen LogP contribution in [0.1, 0.15) is 12.0 Å². The third-order valence-electron chi connectivity index (χ3n) is 4.94. The summed E-state index contributed by atoms with van der Waals surface area (Å²) in [5.74, 6) is 3.16. The first kappa shape index (κ1) is 21.1. The monoisotopic (exact) mass is 397 g/mol. The van der Waals surface area contributed by atoms with E-state index in [4.69, 9.17) is 14.2 Å². The van der Waals surface area contributed by atoms with Gasteiger partial charge in [0.2, 0.25) is 0 Å². The summed E-state index contributed by atoms with van der Waals surface area (Å²) in [5, 5.41) is 3.47. The molecule has 2 aromatic rings. The second-order valence-electron chi connectivity index (χ2n) is 7.13. The smallest absolute Gasteiger partial charge is 0.193 e. The Morgan fingerprint density at radius 1 is 1.07 bits per heavy atom. The highest BCUT2D eigenvalue weighted by Crippen LogP contribution is 2.21. The summed E-state index contributed by atoms with van der Waals surface area (Å²) < 4.78 is 16.5. The molecule has 0 radical (unpaired) electrons. The largest absolute Gasteiger partial charge is 0.457 e. The highest BCUT2D eigenvalue weighted by Gasteiger charge is 2.24. The van der Waals surface area contributed by atoms with Crippen LogP contribution in [-0.4, -0.2) is 57.9 Å². The van der Waals surface area contributed by atoms with Crippen LogP contribution in [-0.2, 0) is 16.0 Å².